The predicted molar refractivity (Wildman–Crippen MR) is 69.4 cm³/mol. The first-order valence-electron chi connectivity index (χ1n) is 5.42. The number of amides is 1. The van der Waals surface area contributed by atoms with Gasteiger partial charge in [-0.25, -0.2) is 4.79 Å². The molecular formula is C13H12N2O3. The number of allylic oxidation sites excluding steroid dienone is 3. The maximum absolute atomic E-state index is 11.5. The number of H-pyrrole nitrogens is 1. The average Bonchev–Trinajstić information content (AvgIpc) is 2.69. The highest BCUT2D eigenvalue weighted by molar-refractivity contribution is 6.00. The van der Waals surface area contributed by atoms with Crippen molar-refractivity contribution in [2.75, 3.05) is 5.32 Å². The maximum atomic E-state index is 11.5. The minimum Gasteiger partial charge on any atom is -0.408 e. The highest BCUT2D eigenvalue weighted by Gasteiger charge is 2.03. The topological polar surface area (TPSA) is 75.1 Å². The first-order chi connectivity index (χ1) is 8.69. The summed E-state index contributed by atoms with van der Waals surface area (Å²) in [5.41, 5.74) is 1.60. The first kappa shape index (κ1) is 11.9. The first-order valence-corrected chi connectivity index (χ1v) is 5.42. The summed E-state index contributed by atoms with van der Waals surface area (Å²) in [5.74, 6) is -0.750. The molecule has 5 nitrogen and oxygen atoms in total. The van der Waals surface area contributed by atoms with Gasteiger partial charge in [-0.3, -0.25) is 9.78 Å². The van der Waals surface area contributed by atoms with Crippen LogP contribution in [0.5, 0.6) is 0 Å². The minimum absolute atomic E-state index is 0.238. The van der Waals surface area contributed by atoms with E-state index >= 15 is 0 Å². The largest absolute Gasteiger partial charge is 0.417 e. The summed E-state index contributed by atoms with van der Waals surface area (Å²) in [4.78, 5) is 25.0. The van der Waals surface area contributed by atoms with E-state index in [-0.39, 0.29) is 5.91 Å². The van der Waals surface area contributed by atoms with Crippen LogP contribution in [-0.2, 0) is 4.79 Å². The molecule has 0 saturated heterocycles. The van der Waals surface area contributed by atoms with Crippen molar-refractivity contribution in [1.29, 1.82) is 0 Å². The van der Waals surface area contributed by atoms with Crippen LogP contribution < -0.4 is 11.1 Å². The second kappa shape index (κ2) is 5.18. The van der Waals surface area contributed by atoms with Crippen molar-refractivity contribution < 1.29 is 9.21 Å². The van der Waals surface area contributed by atoms with Gasteiger partial charge in [-0.05, 0) is 25.1 Å². The van der Waals surface area contributed by atoms with Gasteiger partial charge in [-0.15, -0.1) is 0 Å². The fourth-order valence-corrected chi connectivity index (χ4v) is 1.47. The molecule has 1 aromatic carbocycles. The van der Waals surface area contributed by atoms with Crippen molar-refractivity contribution in [1.82, 2.24) is 4.98 Å². The molecule has 0 radical (unpaired) electrons. The minimum atomic E-state index is -0.513. The van der Waals surface area contributed by atoms with Gasteiger partial charge < -0.3 is 9.73 Å². The molecule has 0 aliphatic heterocycles. The summed E-state index contributed by atoms with van der Waals surface area (Å²) in [6, 6.07) is 4.93. The number of hydrogen-bond acceptors (Lipinski definition) is 3. The van der Waals surface area contributed by atoms with Crippen molar-refractivity contribution in [3.63, 3.8) is 0 Å². The second-order valence-corrected chi connectivity index (χ2v) is 3.60. The molecule has 0 aliphatic carbocycles. The molecule has 0 atom stereocenters. The van der Waals surface area contributed by atoms with Crippen LogP contribution in [0.15, 0.2) is 51.7 Å². The van der Waals surface area contributed by atoms with Crippen molar-refractivity contribution >= 4 is 22.7 Å². The molecular weight excluding hydrogens is 232 g/mol. The Hall–Kier alpha value is -2.56. The van der Waals surface area contributed by atoms with Gasteiger partial charge in [0.2, 0.25) is 5.91 Å². The van der Waals surface area contributed by atoms with Crippen molar-refractivity contribution in [3.05, 3.63) is 53.1 Å². The van der Waals surface area contributed by atoms with E-state index in [1.54, 1.807) is 30.4 Å². The lowest BCUT2D eigenvalue weighted by atomic mass is 10.3. The third-order valence-corrected chi connectivity index (χ3v) is 2.24. The van der Waals surface area contributed by atoms with Gasteiger partial charge in [0, 0.05) is 11.8 Å². The fourth-order valence-electron chi connectivity index (χ4n) is 1.47. The predicted octanol–water partition coefficient (Wildman–Crippen LogP) is 2.19. The number of nitrogens with one attached hydrogen (secondary N) is 2. The zero-order chi connectivity index (χ0) is 13.0. The zero-order valence-electron chi connectivity index (χ0n) is 9.77. The molecule has 0 saturated carbocycles. The number of benzene rings is 1. The van der Waals surface area contributed by atoms with Crippen LogP contribution in [-0.4, -0.2) is 10.9 Å². The Bertz CT molecular complexity index is 677. The van der Waals surface area contributed by atoms with E-state index in [1.165, 1.54) is 6.08 Å². The normalized spacial score (nSPS) is 11.6. The molecule has 0 spiro atoms. The number of fused-ring (bicyclic) bond motifs is 1. The Morgan fingerprint density at radius 2 is 2.22 bits per heavy atom. The Balaban J connectivity index is 2.16. The molecule has 5 heteroatoms. The van der Waals surface area contributed by atoms with Gasteiger partial charge in [0.25, 0.3) is 0 Å². The molecule has 0 aliphatic rings. The number of aromatic nitrogens is 1. The monoisotopic (exact) mass is 244 g/mol. The van der Waals surface area contributed by atoms with E-state index in [9.17, 15) is 9.59 Å². The summed E-state index contributed by atoms with van der Waals surface area (Å²) in [5, 5.41) is 2.68. The van der Waals surface area contributed by atoms with Crippen LogP contribution in [0.2, 0.25) is 0 Å². The molecule has 2 aromatic rings. The van der Waals surface area contributed by atoms with Crippen LogP contribution in [0.3, 0.4) is 0 Å². The summed E-state index contributed by atoms with van der Waals surface area (Å²) in [6.45, 7) is 1.87. The van der Waals surface area contributed by atoms with E-state index < -0.39 is 5.76 Å². The fraction of sp³-hybridized carbons (Fsp3) is 0.0769. The van der Waals surface area contributed by atoms with E-state index in [2.05, 4.69) is 10.3 Å². The summed E-state index contributed by atoms with van der Waals surface area (Å²) in [7, 11) is 0. The third kappa shape index (κ3) is 2.76. The zero-order valence-corrected chi connectivity index (χ0v) is 9.77. The lowest BCUT2D eigenvalue weighted by molar-refractivity contribution is -0.111. The lowest BCUT2D eigenvalue weighted by Crippen LogP contribution is -2.07. The van der Waals surface area contributed by atoms with E-state index in [0.717, 1.165) is 0 Å². The van der Waals surface area contributed by atoms with Crippen LogP contribution in [0.4, 0.5) is 5.69 Å². The number of hydrogen-bond donors (Lipinski definition) is 2. The van der Waals surface area contributed by atoms with E-state index in [0.29, 0.717) is 16.8 Å². The Morgan fingerprint density at radius 1 is 1.39 bits per heavy atom. The second-order valence-electron chi connectivity index (χ2n) is 3.60. The Morgan fingerprint density at radius 3 is 3.00 bits per heavy atom. The number of rotatable bonds is 3. The molecule has 0 unspecified atom stereocenters. The highest BCUT2D eigenvalue weighted by Crippen LogP contribution is 2.15. The van der Waals surface area contributed by atoms with Crippen LogP contribution in [0, 0.1) is 0 Å². The quantitative estimate of drug-likeness (QED) is 0.642. The van der Waals surface area contributed by atoms with Gasteiger partial charge >= 0.3 is 5.76 Å². The van der Waals surface area contributed by atoms with Gasteiger partial charge in [0.05, 0.1) is 5.52 Å². The number of carbonyl (C=O) groups is 1. The molecule has 18 heavy (non-hydrogen) atoms. The van der Waals surface area contributed by atoms with Crippen LogP contribution in [0.25, 0.3) is 11.1 Å². The Labute approximate surface area is 103 Å². The van der Waals surface area contributed by atoms with Crippen molar-refractivity contribution in [3.8, 4) is 0 Å². The van der Waals surface area contributed by atoms with E-state index in [4.69, 9.17) is 4.42 Å². The van der Waals surface area contributed by atoms with Gasteiger partial charge in [0.1, 0.15) is 0 Å². The number of carbonyl (C=O) groups excluding carboxylic acids is 1. The van der Waals surface area contributed by atoms with Crippen molar-refractivity contribution in [2.45, 2.75) is 6.92 Å². The standard InChI is InChI=1S/C13H12N2O3/c1-2-3-4-5-12(16)14-9-6-7-11-10(8-9)15-13(17)18-11/h2-8H,1H3,(H,14,16)(H,15,17)/b3-2+,5-4+. The third-order valence-electron chi connectivity index (χ3n) is 2.24. The number of oxazole rings is 1. The summed E-state index contributed by atoms with van der Waals surface area (Å²) < 4.78 is 4.86. The maximum Gasteiger partial charge on any atom is 0.417 e. The molecule has 1 amide bonds. The molecule has 0 bridgehead atoms. The summed E-state index contributed by atoms with van der Waals surface area (Å²) >= 11 is 0. The number of aromatic amines is 1. The molecule has 1 aromatic heterocycles. The molecule has 2 rings (SSSR count). The van der Waals surface area contributed by atoms with Crippen LogP contribution >= 0.6 is 0 Å². The van der Waals surface area contributed by atoms with E-state index in [1.807, 2.05) is 13.0 Å². The van der Waals surface area contributed by atoms with Crippen LogP contribution in [0.1, 0.15) is 6.92 Å². The molecule has 1 heterocycles. The number of anilines is 1. The average molecular weight is 244 g/mol. The summed E-state index contributed by atoms with van der Waals surface area (Å²) in [6.07, 6.45) is 6.65. The molecule has 0 fully saturated rings. The van der Waals surface area contributed by atoms with Gasteiger partial charge in [-0.2, -0.15) is 0 Å². The van der Waals surface area contributed by atoms with Gasteiger partial charge in [0.15, 0.2) is 5.58 Å². The van der Waals surface area contributed by atoms with Crippen molar-refractivity contribution in [2.24, 2.45) is 0 Å². The highest BCUT2D eigenvalue weighted by atomic mass is 16.4. The van der Waals surface area contributed by atoms with Gasteiger partial charge in [-0.1, -0.05) is 18.2 Å². The molecule has 2 N–H and O–H groups in total. The smallest absolute Gasteiger partial charge is 0.408 e. The molecule has 92 valence electrons. The Kier molecular flexibility index (Phi) is 3.43. The lowest BCUT2D eigenvalue weighted by Gasteiger charge is -2.00. The SMILES string of the molecule is C/C=C/C=C/C(=O)Nc1ccc2oc(=O)[nH]c2c1.